The number of hydrogen-bond donors (Lipinski definition) is 0. The number of carbonyl (C=O) groups is 1. The van der Waals surface area contributed by atoms with Crippen molar-refractivity contribution in [2.45, 2.75) is 91.0 Å². The van der Waals surface area contributed by atoms with Crippen LogP contribution in [0.1, 0.15) is 84.0 Å². The van der Waals surface area contributed by atoms with Crippen molar-refractivity contribution in [1.29, 1.82) is 0 Å². The molecule has 0 N–H and O–H groups in total. The van der Waals surface area contributed by atoms with E-state index in [9.17, 15) is 4.79 Å². The minimum absolute atomic E-state index is 0.0222. The van der Waals surface area contributed by atoms with Gasteiger partial charge in [0.25, 0.3) is 0 Å². The van der Waals surface area contributed by atoms with Crippen LogP contribution in [-0.2, 0) is 33.7 Å². The number of pyridine rings is 1. The average molecular weight is 672 g/mol. The topological polar surface area (TPSA) is 65.5 Å². The van der Waals surface area contributed by atoms with Crippen LogP contribution in [0.2, 0.25) is 0 Å². The van der Waals surface area contributed by atoms with Gasteiger partial charge in [-0.3, -0.25) is 4.89 Å². The highest BCUT2D eigenvalue weighted by molar-refractivity contribution is 14.1. The number of nitrogens with zero attached hydrogens (tertiary/aromatic N) is 2. The largest absolute Gasteiger partial charge is 0.681 e. The first-order chi connectivity index (χ1) is 19.6. The van der Waals surface area contributed by atoms with Crippen molar-refractivity contribution in [2.75, 3.05) is 6.54 Å². The van der Waals surface area contributed by atoms with E-state index < -0.39 is 3.98 Å². The molecule has 0 amide bonds. The zero-order valence-corrected chi connectivity index (χ0v) is 27.4. The molecule has 0 unspecified atom stereocenters. The Kier molecular flexibility index (Phi) is 12.1. The molecule has 1 aromatic heterocycles. The number of rotatable bonds is 10. The molecular weight excluding hydrogens is 627 g/mol. The zero-order valence-electron chi connectivity index (χ0n) is 25.3. The van der Waals surface area contributed by atoms with E-state index in [1.165, 1.54) is 82.1 Å². The lowest BCUT2D eigenvalue weighted by molar-refractivity contribution is -0.784. The van der Waals surface area contributed by atoms with Crippen molar-refractivity contribution < 1.29 is 29.1 Å². The molecule has 0 saturated carbocycles. The smallest absolute Gasteiger partial charge is 0.399 e. The van der Waals surface area contributed by atoms with Crippen molar-refractivity contribution in [3.8, 4) is 0 Å². The van der Waals surface area contributed by atoms with Crippen LogP contribution in [0.3, 0.4) is 0 Å². The number of aryl methyl sites for hydroxylation is 1. The summed E-state index contributed by atoms with van der Waals surface area (Å²) in [6, 6.07) is 13.5. The number of allylic oxidation sites excluding steroid dienone is 6. The molecule has 1 aromatic carbocycles. The Morgan fingerprint density at radius 3 is 2.29 bits per heavy atom. The fourth-order valence-electron chi connectivity index (χ4n) is 5.84. The van der Waals surface area contributed by atoms with Crippen LogP contribution < -0.4 is 9.82 Å². The van der Waals surface area contributed by atoms with Gasteiger partial charge >= 0.3 is 3.98 Å². The molecule has 2 heterocycles. The third kappa shape index (κ3) is 7.81. The molecule has 0 spiro atoms. The van der Waals surface area contributed by atoms with E-state index in [0.717, 1.165) is 19.5 Å². The van der Waals surface area contributed by atoms with Crippen LogP contribution in [0.4, 0.5) is 10.5 Å². The second-order valence-electron chi connectivity index (χ2n) is 11.6. The Morgan fingerprint density at radius 2 is 1.63 bits per heavy atom. The molecule has 2 aliphatic rings. The van der Waals surface area contributed by atoms with E-state index in [0.29, 0.717) is 0 Å². The highest BCUT2D eigenvalue weighted by Crippen LogP contribution is 2.41. The van der Waals surface area contributed by atoms with Gasteiger partial charge in [-0.05, 0) is 25.5 Å². The van der Waals surface area contributed by atoms with Crippen LogP contribution in [0, 0.1) is 0 Å². The molecule has 1 aliphatic carbocycles. The van der Waals surface area contributed by atoms with Crippen LogP contribution in [-0.4, -0.2) is 20.8 Å². The van der Waals surface area contributed by atoms with Gasteiger partial charge in [-0.1, -0.05) is 83.0 Å². The number of halogens is 1. The highest BCUT2D eigenvalue weighted by atomic mass is 127. The summed E-state index contributed by atoms with van der Waals surface area (Å²) in [7, 11) is 0. The zero-order chi connectivity index (χ0) is 30.0. The van der Waals surface area contributed by atoms with Gasteiger partial charge in [-0.2, -0.15) is 4.58 Å². The fourth-order valence-corrected chi connectivity index (χ4v) is 5.91. The van der Waals surface area contributed by atoms with Gasteiger partial charge < -0.3 is 5.26 Å². The maximum absolute atomic E-state index is 9.48. The monoisotopic (exact) mass is 671 g/mol. The SMILES string of the molecule is CCCC[N+]1=C(/C=C/C=C/C=C2/Cc3c(ccc[n+]3CCCC)C2(C)C)C(C)(C)c2ccccc21.O=C(I)OO[O-]. The summed E-state index contributed by atoms with van der Waals surface area (Å²) in [4.78, 5) is 12.8. The molecule has 41 heavy (non-hydrogen) atoms. The number of benzene rings is 1. The molecule has 0 fully saturated rings. The number of para-hydroxylation sites is 1. The summed E-state index contributed by atoms with van der Waals surface area (Å²) in [5, 5.41) is 11.5. The minimum atomic E-state index is -0.775. The second-order valence-corrected chi connectivity index (χ2v) is 12.5. The molecule has 0 bridgehead atoms. The summed E-state index contributed by atoms with van der Waals surface area (Å²) >= 11 is 1.26. The molecule has 4 rings (SSSR count). The summed E-state index contributed by atoms with van der Waals surface area (Å²) in [6.45, 7) is 16.2. The van der Waals surface area contributed by atoms with E-state index in [-0.39, 0.29) is 10.8 Å². The first-order valence-corrected chi connectivity index (χ1v) is 15.6. The highest BCUT2D eigenvalue weighted by Gasteiger charge is 2.43. The van der Waals surface area contributed by atoms with Crippen molar-refractivity contribution in [2.24, 2.45) is 0 Å². The Balaban J connectivity index is 0.000000696. The molecule has 1 aliphatic heterocycles. The van der Waals surface area contributed by atoms with Gasteiger partial charge in [0, 0.05) is 47.6 Å². The second kappa shape index (κ2) is 15.0. The van der Waals surface area contributed by atoms with E-state index in [4.69, 9.17) is 5.26 Å². The predicted octanol–water partition coefficient (Wildman–Crippen LogP) is 7.29. The van der Waals surface area contributed by atoms with Gasteiger partial charge in [0.2, 0.25) is 5.69 Å². The Hall–Kier alpha value is -2.62. The van der Waals surface area contributed by atoms with E-state index in [1.807, 2.05) is 0 Å². The van der Waals surface area contributed by atoms with Crippen molar-refractivity contribution in [3.05, 3.63) is 95.4 Å². The van der Waals surface area contributed by atoms with E-state index in [2.05, 4.69) is 134 Å². The van der Waals surface area contributed by atoms with Crippen LogP contribution in [0.25, 0.3) is 0 Å². The third-order valence-electron chi connectivity index (χ3n) is 8.18. The average Bonchev–Trinajstić information content (AvgIpc) is 3.32. The Labute approximate surface area is 259 Å². The Morgan fingerprint density at radius 1 is 0.951 bits per heavy atom. The number of carbonyl (C=O) groups excluding carboxylic acids is 1. The number of unbranched alkanes of at least 4 members (excludes halogenated alkanes) is 2. The van der Waals surface area contributed by atoms with E-state index in [1.54, 1.807) is 0 Å². The number of hydrogen-bond acceptors (Lipinski definition) is 4. The van der Waals surface area contributed by atoms with Gasteiger partial charge in [0.05, 0.1) is 34.4 Å². The fraction of sp³-hybridized carbons (Fsp3) is 0.441. The lowest BCUT2D eigenvalue weighted by atomic mass is 9.81. The maximum Gasteiger partial charge on any atom is 0.399 e. The number of fused-ring (bicyclic) bond motifs is 2. The molecule has 0 atom stereocenters. The lowest BCUT2D eigenvalue weighted by Crippen LogP contribution is -2.38. The quantitative estimate of drug-likeness (QED) is 0.0665. The molecular formula is C34H44IN2O4+. The predicted molar refractivity (Wildman–Crippen MR) is 170 cm³/mol. The molecule has 0 saturated heterocycles. The minimum Gasteiger partial charge on any atom is -0.681 e. The van der Waals surface area contributed by atoms with Gasteiger partial charge in [-0.15, -0.1) is 0 Å². The molecule has 7 heteroatoms. The summed E-state index contributed by atoms with van der Waals surface area (Å²) in [5.41, 5.74) is 8.79. The Bertz CT molecular complexity index is 1340. The van der Waals surface area contributed by atoms with Gasteiger partial charge in [0.1, 0.15) is 13.1 Å². The van der Waals surface area contributed by atoms with Crippen molar-refractivity contribution >= 4 is 38.0 Å². The first-order valence-electron chi connectivity index (χ1n) is 14.6. The van der Waals surface area contributed by atoms with Crippen molar-refractivity contribution in [3.63, 3.8) is 0 Å². The summed E-state index contributed by atoms with van der Waals surface area (Å²) < 4.78 is 4.24. The molecule has 220 valence electrons. The van der Waals surface area contributed by atoms with Gasteiger partial charge in [-0.25, -0.2) is 14.4 Å². The molecule has 6 nitrogen and oxygen atoms in total. The van der Waals surface area contributed by atoms with Crippen LogP contribution >= 0.6 is 22.6 Å². The summed E-state index contributed by atoms with van der Waals surface area (Å²) in [6.07, 6.45) is 19.5. The molecule has 2 aromatic rings. The summed E-state index contributed by atoms with van der Waals surface area (Å²) in [5.74, 6) is 0. The van der Waals surface area contributed by atoms with Crippen LogP contribution in [0.5, 0.6) is 0 Å². The normalized spacial score (nSPS) is 17.6. The van der Waals surface area contributed by atoms with Crippen molar-refractivity contribution in [1.82, 2.24) is 0 Å². The number of aromatic nitrogens is 1. The van der Waals surface area contributed by atoms with E-state index >= 15 is 0 Å². The van der Waals surface area contributed by atoms with Crippen LogP contribution in [0.15, 0.2) is 78.5 Å². The standard InChI is InChI=1S/C33H44N2.CHIO4/c1-7-9-22-34-23-16-19-28-30(34)25-26(32(28,3)4)17-12-11-13-21-31-33(5,6)27-18-14-15-20-29(27)35(31)24-10-8-2;2-1(3)5-6-4/h11-21,23H,7-10,22,24-25H2,1-6H3;4H/q+2;/p-1/b12-11+,21-13+,26-17-;. The maximum atomic E-state index is 9.48. The molecule has 0 radical (unpaired) electrons. The van der Waals surface area contributed by atoms with Gasteiger partial charge in [0.15, 0.2) is 17.6 Å². The lowest BCUT2D eigenvalue weighted by Gasteiger charge is -2.20. The third-order valence-corrected chi connectivity index (χ3v) is 8.36. The first kappa shape index (κ1) is 32.9.